The van der Waals surface area contributed by atoms with E-state index in [-0.39, 0.29) is 0 Å². The lowest BCUT2D eigenvalue weighted by Gasteiger charge is -2.50. The number of rotatable bonds is 4. The number of hydrogen-bond donors (Lipinski definition) is 1. The zero-order chi connectivity index (χ0) is 14.7. The summed E-state index contributed by atoms with van der Waals surface area (Å²) in [6.45, 7) is 3.59. The summed E-state index contributed by atoms with van der Waals surface area (Å²) in [5, 5.41) is 11.5. The molecule has 6 heteroatoms. The number of esters is 2. The van der Waals surface area contributed by atoms with Crippen molar-refractivity contribution in [3.8, 4) is 0 Å². The topological polar surface area (TPSA) is 76.1 Å². The van der Waals surface area contributed by atoms with E-state index in [1.807, 2.05) is 0 Å². The predicted octanol–water partition coefficient (Wildman–Crippen LogP) is 1.51. The molecule has 1 N–H and O–H groups in total. The SMILES string of the molecule is CC[C@@]1(C(=O)OC)CCC[C@@](CC)(C(=O)OC)N1O. The third-order valence-electron chi connectivity index (χ3n) is 4.29. The summed E-state index contributed by atoms with van der Waals surface area (Å²) in [7, 11) is 2.57. The van der Waals surface area contributed by atoms with Crippen LogP contribution >= 0.6 is 0 Å². The minimum absolute atomic E-state index is 0.370. The largest absolute Gasteiger partial charge is 0.468 e. The number of piperidine rings is 1. The van der Waals surface area contributed by atoms with Crippen molar-refractivity contribution in [3.05, 3.63) is 0 Å². The van der Waals surface area contributed by atoms with Gasteiger partial charge in [-0.2, -0.15) is 5.06 Å². The summed E-state index contributed by atoms with van der Waals surface area (Å²) in [4.78, 5) is 24.1. The summed E-state index contributed by atoms with van der Waals surface area (Å²) in [6.07, 6.45) is 2.32. The molecule has 2 atom stereocenters. The molecule has 1 rings (SSSR count). The van der Waals surface area contributed by atoms with Gasteiger partial charge >= 0.3 is 11.9 Å². The molecule has 0 aliphatic carbocycles. The molecule has 0 saturated carbocycles. The highest BCUT2D eigenvalue weighted by atomic mass is 16.6. The van der Waals surface area contributed by atoms with E-state index >= 15 is 0 Å². The quantitative estimate of drug-likeness (QED) is 0.782. The highest BCUT2D eigenvalue weighted by Crippen LogP contribution is 2.42. The molecular weight excluding hydrogens is 250 g/mol. The van der Waals surface area contributed by atoms with Gasteiger partial charge in [0.1, 0.15) is 11.1 Å². The lowest BCUT2D eigenvalue weighted by molar-refractivity contribution is -0.266. The summed E-state index contributed by atoms with van der Waals surface area (Å²) >= 11 is 0. The smallest absolute Gasteiger partial charge is 0.328 e. The van der Waals surface area contributed by atoms with Crippen LogP contribution in [0.25, 0.3) is 0 Å². The van der Waals surface area contributed by atoms with Gasteiger partial charge in [0.05, 0.1) is 14.2 Å². The minimum atomic E-state index is -1.17. The highest BCUT2D eigenvalue weighted by Gasteiger charge is 2.58. The van der Waals surface area contributed by atoms with E-state index in [2.05, 4.69) is 0 Å². The molecule has 1 saturated heterocycles. The Labute approximate surface area is 113 Å². The van der Waals surface area contributed by atoms with Gasteiger partial charge in [-0.25, -0.2) is 9.59 Å². The van der Waals surface area contributed by atoms with E-state index in [1.54, 1.807) is 13.8 Å². The van der Waals surface area contributed by atoms with Crippen molar-refractivity contribution in [1.29, 1.82) is 0 Å². The second kappa shape index (κ2) is 5.88. The third-order valence-corrected chi connectivity index (χ3v) is 4.29. The summed E-state index contributed by atoms with van der Waals surface area (Å²) in [5.41, 5.74) is -2.34. The first-order valence-electron chi connectivity index (χ1n) is 6.61. The number of carbonyl (C=O) groups excluding carboxylic acids is 2. The van der Waals surface area contributed by atoms with E-state index < -0.39 is 23.0 Å². The molecule has 110 valence electrons. The van der Waals surface area contributed by atoms with Crippen molar-refractivity contribution in [2.75, 3.05) is 14.2 Å². The van der Waals surface area contributed by atoms with E-state index in [4.69, 9.17) is 9.47 Å². The Hall–Kier alpha value is -1.14. The zero-order valence-corrected chi connectivity index (χ0v) is 12.1. The van der Waals surface area contributed by atoms with Crippen molar-refractivity contribution < 1.29 is 24.3 Å². The standard InChI is InChI=1S/C13H23NO5/c1-5-12(10(15)18-3)8-7-9-13(6-2,14(12)17)11(16)19-4/h17H,5-9H2,1-4H3/t12-,13-/m0/s1. The molecule has 1 aliphatic heterocycles. The predicted molar refractivity (Wildman–Crippen MR) is 67.6 cm³/mol. The Balaban J connectivity index is 3.25. The maximum atomic E-state index is 12.1. The van der Waals surface area contributed by atoms with Gasteiger partial charge in [-0.1, -0.05) is 13.8 Å². The molecule has 0 amide bonds. The van der Waals surface area contributed by atoms with Gasteiger partial charge in [-0.3, -0.25) is 0 Å². The fraction of sp³-hybridized carbons (Fsp3) is 0.846. The van der Waals surface area contributed by atoms with Crippen LogP contribution in [-0.4, -0.2) is 47.5 Å². The molecular formula is C13H23NO5. The van der Waals surface area contributed by atoms with Gasteiger partial charge in [0.25, 0.3) is 0 Å². The molecule has 1 aliphatic rings. The van der Waals surface area contributed by atoms with E-state index in [0.29, 0.717) is 32.1 Å². The van der Waals surface area contributed by atoms with Crippen molar-refractivity contribution in [2.45, 2.75) is 57.0 Å². The number of hydroxylamine groups is 2. The Kier molecular flexibility index (Phi) is 4.92. The number of nitrogens with zero attached hydrogens (tertiary/aromatic N) is 1. The Morgan fingerprint density at radius 2 is 1.42 bits per heavy atom. The van der Waals surface area contributed by atoms with Gasteiger partial charge in [0.2, 0.25) is 0 Å². The lowest BCUT2D eigenvalue weighted by Crippen LogP contribution is -2.68. The summed E-state index contributed by atoms with van der Waals surface area (Å²) in [6, 6.07) is 0. The van der Waals surface area contributed by atoms with E-state index in [1.165, 1.54) is 14.2 Å². The van der Waals surface area contributed by atoms with Gasteiger partial charge in [0, 0.05) is 0 Å². The van der Waals surface area contributed by atoms with Gasteiger partial charge in [0.15, 0.2) is 0 Å². The Bertz CT molecular complexity index is 327. The van der Waals surface area contributed by atoms with Gasteiger partial charge in [-0.15, -0.1) is 0 Å². The number of methoxy groups -OCH3 is 2. The van der Waals surface area contributed by atoms with E-state index in [9.17, 15) is 14.8 Å². The molecule has 0 radical (unpaired) electrons. The van der Waals surface area contributed by atoms with Crippen molar-refractivity contribution in [2.24, 2.45) is 0 Å². The maximum absolute atomic E-state index is 12.1. The normalized spacial score (nSPS) is 31.8. The fourth-order valence-corrected chi connectivity index (χ4v) is 2.99. The number of ether oxygens (including phenoxy) is 2. The Morgan fingerprint density at radius 1 is 1.05 bits per heavy atom. The molecule has 0 spiro atoms. The fourth-order valence-electron chi connectivity index (χ4n) is 2.99. The van der Waals surface area contributed by atoms with Crippen LogP contribution in [0.1, 0.15) is 46.0 Å². The zero-order valence-electron chi connectivity index (χ0n) is 12.1. The minimum Gasteiger partial charge on any atom is -0.468 e. The molecule has 0 aromatic rings. The molecule has 0 unspecified atom stereocenters. The van der Waals surface area contributed by atoms with Crippen LogP contribution in [0.2, 0.25) is 0 Å². The first-order valence-corrected chi connectivity index (χ1v) is 6.61. The summed E-state index contributed by atoms with van der Waals surface area (Å²) in [5.74, 6) is -1.03. The van der Waals surface area contributed by atoms with Crippen LogP contribution in [0.3, 0.4) is 0 Å². The second-order valence-electron chi connectivity index (χ2n) is 4.92. The molecule has 0 aromatic carbocycles. The molecule has 1 heterocycles. The van der Waals surface area contributed by atoms with Crippen LogP contribution in [0, 0.1) is 0 Å². The van der Waals surface area contributed by atoms with Crippen molar-refractivity contribution in [1.82, 2.24) is 5.06 Å². The molecule has 0 aromatic heterocycles. The van der Waals surface area contributed by atoms with Crippen LogP contribution < -0.4 is 0 Å². The molecule has 19 heavy (non-hydrogen) atoms. The van der Waals surface area contributed by atoms with Crippen LogP contribution in [0.4, 0.5) is 0 Å². The number of carbonyl (C=O) groups is 2. The average molecular weight is 273 g/mol. The lowest BCUT2D eigenvalue weighted by atomic mass is 9.75. The first kappa shape index (κ1) is 15.9. The average Bonchev–Trinajstić information content (AvgIpc) is 2.46. The van der Waals surface area contributed by atoms with Gasteiger partial charge < -0.3 is 14.7 Å². The summed E-state index contributed by atoms with van der Waals surface area (Å²) < 4.78 is 9.63. The van der Waals surface area contributed by atoms with Gasteiger partial charge in [-0.05, 0) is 32.1 Å². The number of hydrogen-bond acceptors (Lipinski definition) is 6. The maximum Gasteiger partial charge on any atom is 0.328 e. The van der Waals surface area contributed by atoms with Crippen molar-refractivity contribution >= 4 is 11.9 Å². The monoisotopic (exact) mass is 273 g/mol. The van der Waals surface area contributed by atoms with Crippen LogP contribution in [0.5, 0.6) is 0 Å². The second-order valence-corrected chi connectivity index (χ2v) is 4.92. The van der Waals surface area contributed by atoms with Crippen molar-refractivity contribution in [3.63, 3.8) is 0 Å². The van der Waals surface area contributed by atoms with Crippen LogP contribution in [0.15, 0.2) is 0 Å². The highest BCUT2D eigenvalue weighted by molar-refractivity contribution is 5.85. The molecule has 0 bridgehead atoms. The van der Waals surface area contributed by atoms with Crippen LogP contribution in [-0.2, 0) is 19.1 Å². The molecule has 1 fully saturated rings. The third kappa shape index (κ3) is 2.23. The first-order chi connectivity index (χ1) is 8.95. The molecule has 6 nitrogen and oxygen atoms in total. The Morgan fingerprint density at radius 3 is 1.68 bits per heavy atom. The van der Waals surface area contributed by atoms with E-state index in [0.717, 1.165) is 5.06 Å².